The summed E-state index contributed by atoms with van der Waals surface area (Å²) in [5.41, 5.74) is 0.359. The average molecular weight is 270 g/mol. The van der Waals surface area contributed by atoms with Crippen LogP contribution in [0.1, 0.15) is 10.5 Å². The Bertz CT molecular complexity index is 564. The molecule has 1 aromatic heterocycles. The van der Waals surface area contributed by atoms with Gasteiger partial charge in [-0.2, -0.15) is 5.10 Å². The molecule has 0 aliphatic rings. The van der Waals surface area contributed by atoms with Gasteiger partial charge in [0.05, 0.1) is 4.92 Å². The lowest BCUT2D eigenvalue weighted by Crippen LogP contribution is -1.91. The van der Waals surface area contributed by atoms with Crippen molar-refractivity contribution < 1.29 is 9.72 Å². The van der Waals surface area contributed by atoms with Gasteiger partial charge in [-0.3, -0.25) is 20.0 Å². The number of nitro benzene ring substituents is 1. The number of fused-ring (bicyclic) bond motifs is 1. The third-order valence-electron chi connectivity index (χ3n) is 1.94. The molecule has 0 bridgehead atoms. The highest BCUT2D eigenvalue weighted by Gasteiger charge is 2.18. The Kier molecular flexibility index (Phi) is 2.24. The number of carbonyl (C=O) groups excluding carboxylic acids is 1. The van der Waals surface area contributed by atoms with E-state index in [2.05, 4.69) is 26.1 Å². The zero-order chi connectivity index (χ0) is 11.0. The Morgan fingerprint density at radius 1 is 1.53 bits per heavy atom. The first-order valence-corrected chi connectivity index (χ1v) is 4.70. The number of hydrogen-bond acceptors (Lipinski definition) is 4. The van der Waals surface area contributed by atoms with Crippen LogP contribution in [-0.4, -0.2) is 21.4 Å². The minimum absolute atomic E-state index is 0.115. The zero-order valence-electron chi connectivity index (χ0n) is 7.23. The van der Waals surface area contributed by atoms with Crippen molar-refractivity contribution in [1.82, 2.24) is 10.2 Å². The fourth-order valence-electron chi connectivity index (χ4n) is 1.35. The van der Waals surface area contributed by atoms with Gasteiger partial charge in [0.2, 0.25) is 0 Å². The second-order valence-electron chi connectivity index (χ2n) is 2.83. The van der Waals surface area contributed by atoms with E-state index in [0.29, 0.717) is 16.3 Å². The highest BCUT2D eigenvalue weighted by atomic mass is 79.9. The van der Waals surface area contributed by atoms with Crippen LogP contribution in [0, 0.1) is 10.1 Å². The van der Waals surface area contributed by atoms with E-state index in [4.69, 9.17) is 0 Å². The number of hydrogen-bond donors (Lipinski definition) is 1. The van der Waals surface area contributed by atoms with Gasteiger partial charge in [0.25, 0.3) is 5.69 Å². The maximum Gasteiger partial charge on any atom is 0.282 e. The second-order valence-corrected chi connectivity index (χ2v) is 3.75. The second kappa shape index (κ2) is 3.43. The van der Waals surface area contributed by atoms with E-state index in [1.807, 2.05) is 0 Å². The zero-order valence-corrected chi connectivity index (χ0v) is 8.82. The molecule has 15 heavy (non-hydrogen) atoms. The van der Waals surface area contributed by atoms with Crippen LogP contribution in [0.5, 0.6) is 0 Å². The number of nitrogens with one attached hydrogen (secondary N) is 1. The van der Waals surface area contributed by atoms with Gasteiger partial charge in [-0.05, 0) is 6.07 Å². The smallest absolute Gasteiger partial charge is 0.282 e. The summed E-state index contributed by atoms with van der Waals surface area (Å²) >= 11 is 3.14. The van der Waals surface area contributed by atoms with Gasteiger partial charge < -0.3 is 0 Å². The third-order valence-corrected chi connectivity index (χ3v) is 2.40. The maximum atomic E-state index is 10.8. The molecule has 76 valence electrons. The van der Waals surface area contributed by atoms with Crippen molar-refractivity contribution in [3.63, 3.8) is 0 Å². The molecule has 0 spiro atoms. The standard InChI is InChI=1S/C8H4BrN3O3/c9-4-1-5-8(6(3-13)11-10-5)7(2-4)12(14)15/h1-3H,(H,10,11). The van der Waals surface area contributed by atoms with E-state index >= 15 is 0 Å². The highest BCUT2D eigenvalue weighted by molar-refractivity contribution is 9.10. The molecule has 1 aromatic carbocycles. The molecule has 6 nitrogen and oxygen atoms in total. The first kappa shape index (κ1) is 9.78. The lowest BCUT2D eigenvalue weighted by atomic mass is 10.2. The van der Waals surface area contributed by atoms with Crippen LogP contribution in [-0.2, 0) is 0 Å². The molecule has 0 unspecified atom stereocenters. The number of non-ortho nitro benzene ring substituents is 1. The first-order valence-electron chi connectivity index (χ1n) is 3.90. The number of carbonyl (C=O) groups is 1. The quantitative estimate of drug-likeness (QED) is 0.513. The Morgan fingerprint density at radius 2 is 2.27 bits per heavy atom. The monoisotopic (exact) mass is 269 g/mol. The number of nitrogens with zero attached hydrogens (tertiary/aromatic N) is 2. The molecule has 2 rings (SSSR count). The van der Waals surface area contributed by atoms with Gasteiger partial charge in [-0.1, -0.05) is 15.9 Å². The van der Waals surface area contributed by atoms with Crippen LogP contribution in [0.15, 0.2) is 16.6 Å². The third kappa shape index (κ3) is 1.50. The molecule has 0 saturated carbocycles. The molecule has 1 heterocycles. The van der Waals surface area contributed by atoms with Crippen molar-refractivity contribution in [2.75, 3.05) is 0 Å². The van der Waals surface area contributed by atoms with Crippen LogP contribution in [0.2, 0.25) is 0 Å². The van der Waals surface area contributed by atoms with Crippen molar-refractivity contribution in [1.29, 1.82) is 0 Å². The fourth-order valence-corrected chi connectivity index (χ4v) is 1.78. The van der Waals surface area contributed by atoms with E-state index in [1.54, 1.807) is 6.07 Å². The van der Waals surface area contributed by atoms with Crippen LogP contribution < -0.4 is 0 Å². The number of aromatic nitrogens is 2. The summed E-state index contributed by atoms with van der Waals surface area (Å²) in [6.07, 6.45) is 0.510. The molecule has 0 amide bonds. The average Bonchev–Trinajstić information content (AvgIpc) is 2.58. The number of aromatic amines is 1. The molecule has 0 aliphatic carbocycles. The predicted octanol–water partition coefficient (Wildman–Crippen LogP) is 2.05. The Morgan fingerprint density at radius 3 is 2.87 bits per heavy atom. The van der Waals surface area contributed by atoms with Crippen LogP contribution in [0.4, 0.5) is 5.69 Å². The van der Waals surface area contributed by atoms with E-state index < -0.39 is 4.92 Å². The van der Waals surface area contributed by atoms with Crippen LogP contribution in [0.3, 0.4) is 0 Å². The maximum absolute atomic E-state index is 10.8. The number of H-pyrrole nitrogens is 1. The molecule has 2 aromatic rings. The molecule has 0 saturated heterocycles. The van der Waals surface area contributed by atoms with Gasteiger partial charge >= 0.3 is 0 Å². The van der Waals surface area contributed by atoms with Gasteiger partial charge in [0, 0.05) is 10.5 Å². The molecule has 1 N–H and O–H groups in total. The highest BCUT2D eigenvalue weighted by Crippen LogP contribution is 2.30. The lowest BCUT2D eigenvalue weighted by molar-refractivity contribution is -0.383. The SMILES string of the molecule is O=Cc1[nH]nc2cc(Br)cc([N+](=O)[O-])c12. The number of benzene rings is 1. The molecule has 0 fully saturated rings. The summed E-state index contributed by atoms with van der Waals surface area (Å²) in [5, 5.41) is 17.2. The molecule has 0 radical (unpaired) electrons. The summed E-state index contributed by atoms with van der Waals surface area (Å²) in [5.74, 6) is 0. The molecule has 7 heteroatoms. The molecule has 0 atom stereocenters. The van der Waals surface area contributed by atoms with Gasteiger partial charge in [0.1, 0.15) is 16.6 Å². The van der Waals surface area contributed by atoms with Crippen LogP contribution in [0.25, 0.3) is 10.9 Å². The van der Waals surface area contributed by atoms with Crippen LogP contribution >= 0.6 is 15.9 Å². The minimum Gasteiger partial charge on any atom is -0.296 e. The van der Waals surface area contributed by atoms with E-state index in [1.165, 1.54) is 6.07 Å². The predicted molar refractivity (Wildman–Crippen MR) is 55.8 cm³/mol. The van der Waals surface area contributed by atoms with Crippen molar-refractivity contribution >= 4 is 38.8 Å². The molecular formula is C8H4BrN3O3. The summed E-state index contributed by atoms with van der Waals surface area (Å²) in [4.78, 5) is 20.9. The number of rotatable bonds is 2. The summed E-state index contributed by atoms with van der Waals surface area (Å²) in [7, 11) is 0. The first-order chi connectivity index (χ1) is 7.13. The van der Waals surface area contributed by atoms with Crippen molar-refractivity contribution in [2.45, 2.75) is 0 Å². The number of aldehydes is 1. The van der Waals surface area contributed by atoms with Gasteiger partial charge in [0.15, 0.2) is 6.29 Å². The molecule has 0 aliphatic heterocycles. The Labute approximate surface area is 91.6 Å². The van der Waals surface area contributed by atoms with E-state index in [-0.39, 0.29) is 16.8 Å². The van der Waals surface area contributed by atoms with E-state index in [0.717, 1.165) is 0 Å². The lowest BCUT2D eigenvalue weighted by Gasteiger charge is -1.95. The summed E-state index contributed by atoms with van der Waals surface area (Å²) in [6, 6.07) is 2.94. The topological polar surface area (TPSA) is 88.9 Å². The van der Waals surface area contributed by atoms with Crippen molar-refractivity contribution in [3.8, 4) is 0 Å². The van der Waals surface area contributed by atoms with Crippen molar-refractivity contribution in [2.24, 2.45) is 0 Å². The van der Waals surface area contributed by atoms with Gasteiger partial charge in [-0.15, -0.1) is 0 Å². The Balaban J connectivity index is 2.91. The largest absolute Gasteiger partial charge is 0.296 e. The Hall–Kier alpha value is -1.76. The number of nitro groups is 1. The van der Waals surface area contributed by atoms with E-state index in [9.17, 15) is 14.9 Å². The molecular weight excluding hydrogens is 266 g/mol. The normalized spacial score (nSPS) is 10.5. The summed E-state index contributed by atoms with van der Waals surface area (Å²) in [6.45, 7) is 0. The minimum atomic E-state index is -0.546. The van der Waals surface area contributed by atoms with Crippen molar-refractivity contribution in [3.05, 3.63) is 32.4 Å². The van der Waals surface area contributed by atoms with Gasteiger partial charge in [-0.25, -0.2) is 0 Å². The summed E-state index contributed by atoms with van der Waals surface area (Å²) < 4.78 is 0.547. The number of halogens is 1. The fraction of sp³-hybridized carbons (Fsp3) is 0.